The molecule has 110 valence electrons. The third-order valence-corrected chi connectivity index (χ3v) is 3.50. The van der Waals surface area contributed by atoms with Crippen molar-refractivity contribution < 1.29 is 15.3 Å². The van der Waals surface area contributed by atoms with Crippen LogP contribution in [0, 0.1) is 6.92 Å². The maximum absolute atomic E-state index is 9.26. The van der Waals surface area contributed by atoms with Gasteiger partial charge in [0, 0.05) is 25.2 Å². The molecule has 20 heavy (non-hydrogen) atoms. The van der Waals surface area contributed by atoms with Crippen LogP contribution in [-0.2, 0) is 13.6 Å². The summed E-state index contributed by atoms with van der Waals surface area (Å²) in [6.07, 6.45) is 1.72. The monoisotopic (exact) mass is 280 g/mol. The number of nitrogens with zero attached hydrogens (tertiary/aromatic N) is 3. The fourth-order valence-electron chi connectivity index (χ4n) is 2.06. The van der Waals surface area contributed by atoms with Crippen LogP contribution < -0.4 is 5.32 Å². The molecule has 7 heteroatoms. The first-order chi connectivity index (χ1) is 9.55. The lowest BCUT2D eigenvalue weighted by Gasteiger charge is -2.28. The zero-order valence-corrected chi connectivity index (χ0v) is 11.7. The minimum atomic E-state index is -1.08. The smallest absolute Gasteiger partial charge is 0.157 e. The van der Waals surface area contributed by atoms with Crippen LogP contribution in [0.25, 0.3) is 11.0 Å². The molecular weight excluding hydrogens is 260 g/mol. The van der Waals surface area contributed by atoms with Gasteiger partial charge in [0.1, 0.15) is 0 Å². The van der Waals surface area contributed by atoms with Crippen LogP contribution >= 0.6 is 0 Å². The molecule has 2 aromatic heterocycles. The highest BCUT2D eigenvalue weighted by atomic mass is 16.3. The second-order valence-electron chi connectivity index (χ2n) is 5.03. The van der Waals surface area contributed by atoms with Gasteiger partial charge in [-0.05, 0) is 18.6 Å². The molecule has 7 nitrogen and oxygen atoms in total. The first-order valence-electron chi connectivity index (χ1n) is 6.41. The molecule has 0 saturated heterocycles. The number of hydrogen-bond acceptors (Lipinski definition) is 6. The number of aliphatic hydroxyl groups is 3. The summed E-state index contributed by atoms with van der Waals surface area (Å²) in [5, 5.41) is 36.0. The molecule has 0 radical (unpaired) electrons. The van der Waals surface area contributed by atoms with Crippen molar-refractivity contribution in [3.63, 3.8) is 0 Å². The Kier molecular flexibility index (Phi) is 4.34. The van der Waals surface area contributed by atoms with Gasteiger partial charge in [0.25, 0.3) is 0 Å². The normalized spacial score (nSPS) is 12.2. The molecular formula is C13H20N4O3. The summed E-state index contributed by atoms with van der Waals surface area (Å²) in [6.45, 7) is 1.27. The van der Waals surface area contributed by atoms with E-state index in [1.54, 1.807) is 10.9 Å². The first-order valence-corrected chi connectivity index (χ1v) is 6.41. The predicted octanol–water partition coefficient (Wildman–Crippen LogP) is -0.918. The molecule has 0 saturated carbocycles. The van der Waals surface area contributed by atoms with Gasteiger partial charge in [0.2, 0.25) is 0 Å². The number of fused-ring (bicyclic) bond motifs is 1. The summed E-state index contributed by atoms with van der Waals surface area (Å²) < 4.78 is 1.72. The molecule has 0 aromatic carbocycles. The van der Waals surface area contributed by atoms with Crippen LogP contribution in [-0.4, -0.2) is 55.4 Å². The van der Waals surface area contributed by atoms with Crippen molar-refractivity contribution in [2.45, 2.75) is 19.0 Å². The molecule has 0 unspecified atom stereocenters. The Morgan fingerprint density at radius 2 is 1.90 bits per heavy atom. The van der Waals surface area contributed by atoms with Crippen LogP contribution in [0.4, 0.5) is 0 Å². The standard InChI is InChI=1S/C13H20N4O3/c1-9-11-3-10(4-14-12(11)17(2)16-9)5-15-13(6-18,7-19)8-20/h3-4,15,18-20H,5-8H2,1-2H3. The van der Waals surface area contributed by atoms with E-state index in [9.17, 15) is 15.3 Å². The van der Waals surface area contributed by atoms with E-state index in [1.165, 1.54) is 0 Å². The maximum Gasteiger partial charge on any atom is 0.157 e. The van der Waals surface area contributed by atoms with Gasteiger partial charge in [-0.2, -0.15) is 5.10 Å². The molecule has 2 aromatic rings. The highest BCUT2D eigenvalue weighted by Crippen LogP contribution is 2.16. The van der Waals surface area contributed by atoms with Gasteiger partial charge in [-0.3, -0.25) is 4.68 Å². The quantitative estimate of drug-likeness (QED) is 0.546. The van der Waals surface area contributed by atoms with E-state index in [2.05, 4.69) is 15.4 Å². The minimum absolute atomic E-state index is 0.346. The molecule has 0 bridgehead atoms. The fraction of sp³-hybridized carbons (Fsp3) is 0.538. The Labute approximate surface area is 116 Å². The summed E-state index contributed by atoms with van der Waals surface area (Å²) in [7, 11) is 1.84. The molecule has 0 aliphatic rings. The van der Waals surface area contributed by atoms with E-state index < -0.39 is 5.54 Å². The predicted molar refractivity (Wildman–Crippen MR) is 74.1 cm³/mol. The maximum atomic E-state index is 9.26. The average molecular weight is 280 g/mol. The summed E-state index contributed by atoms with van der Waals surface area (Å²) in [5.41, 5.74) is 1.52. The first kappa shape index (κ1) is 14.9. The van der Waals surface area contributed by atoms with Gasteiger partial charge < -0.3 is 20.6 Å². The van der Waals surface area contributed by atoms with Crippen LogP contribution in [0.5, 0.6) is 0 Å². The highest BCUT2D eigenvalue weighted by molar-refractivity contribution is 5.78. The minimum Gasteiger partial charge on any atom is -0.394 e. The van der Waals surface area contributed by atoms with E-state index >= 15 is 0 Å². The second kappa shape index (κ2) is 5.84. The van der Waals surface area contributed by atoms with E-state index in [0.29, 0.717) is 6.54 Å². The molecule has 0 aliphatic carbocycles. The molecule has 0 fully saturated rings. The Hall–Kier alpha value is -1.54. The Balaban J connectivity index is 2.20. The van der Waals surface area contributed by atoms with Gasteiger partial charge in [0.05, 0.1) is 31.1 Å². The number of pyridine rings is 1. The largest absolute Gasteiger partial charge is 0.394 e. The summed E-state index contributed by atoms with van der Waals surface area (Å²) >= 11 is 0. The van der Waals surface area contributed by atoms with Crippen molar-refractivity contribution >= 4 is 11.0 Å². The summed E-state index contributed by atoms with van der Waals surface area (Å²) in [6, 6.07) is 1.97. The number of aromatic nitrogens is 3. The molecule has 4 N–H and O–H groups in total. The number of aliphatic hydroxyl groups excluding tert-OH is 3. The van der Waals surface area contributed by atoms with Crippen molar-refractivity contribution in [1.29, 1.82) is 0 Å². The molecule has 0 aliphatic heterocycles. The fourth-order valence-corrected chi connectivity index (χ4v) is 2.06. The number of hydrogen-bond donors (Lipinski definition) is 4. The van der Waals surface area contributed by atoms with E-state index in [4.69, 9.17) is 0 Å². The zero-order valence-electron chi connectivity index (χ0n) is 11.7. The Morgan fingerprint density at radius 1 is 1.25 bits per heavy atom. The van der Waals surface area contributed by atoms with Crippen molar-refractivity contribution in [1.82, 2.24) is 20.1 Å². The van der Waals surface area contributed by atoms with Gasteiger partial charge in [0.15, 0.2) is 5.65 Å². The second-order valence-corrected chi connectivity index (χ2v) is 5.03. The van der Waals surface area contributed by atoms with Crippen LogP contribution in [0.1, 0.15) is 11.3 Å². The van der Waals surface area contributed by atoms with E-state index in [-0.39, 0.29) is 19.8 Å². The third kappa shape index (κ3) is 2.66. The number of nitrogens with one attached hydrogen (secondary N) is 1. The zero-order chi connectivity index (χ0) is 14.8. The molecule has 0 amide bonds. The van der Waals surface area contributed by atoms with Crippen LogP contribution in [0.3, 0.4) is 0 Å². The van der Waals surface area contributed by atoms with E-state index in [0.717, 1.165) is 22.3 Å². The van der Waals surface area contributed by atoms with Crippen molar-refractivity contribution in [3.8, 4) is 0 Å². The van der Waals surface area contributed by atoms with Crippen LogP contribution in [0.15, 0.2) is 12.3 Å². The lowest BCUT2D eigenvalue weighted by Crippen LogP contribution is -2.54. The van der Waals surface area contributed by atoms with Crippen molar-refractivity contribution in [2.75, 3.05) is 19.8 Å². The van der Waals surface area contributed by atoms with Crippen molar-refractivity contribution in [3.05, 3.63) is 23.5 Å². The van der Waals surface area contributed by atoms with Gasteiger partial charge in [-0.15, -0.1) is 0 Å². The molecule has 0 spiro atoms. The van der Waals surface area contributed by atoms with Crippen molar-refractivity contribution in [2.24, 2.45) is 7.05 Å². The lowest BCUT2D eigenvalue weighted by atomic mass is 10.0. The molecule has 2 rings (SSSR count). The topological polar surface area (TPSA) is 103 Å². The van der Waals surface area contributed by atoms with Gasteiger partial charge in [-0.1, -0.05) is 0 Å². The highest BCUT2D eigenvalue weighted by Gasteiger charge is 2.27. The number of aryl methyl sites for hydroxylation is 2. The SMILES string of the molecule is Cc1nn(C)c2ncc(CNC(CO)(CO)CO)cc12. The average Bonchev–Trinajstić information content (AvgIpc) is 2.76. The lowest BCUT2D eigenvalue weighted by molar-refractivity contribution is 0.0413. The molecule has 2 heterocycles. The summed E-state index contributed by atoms with van der Waals surface area (Å²) in [4.78, 5) is 4.35. The van der Waals surface area contributed by atoms with E-state index in [1.807, 2.05) is 20.0 Å². The van der Waals surface area contributed by atoms with Gasteiger partial charge in [-0.25, -0.2) is 4.98 Å². The number of rotatable bonds is 6. The van der Waals surface area contributed by atoms with Gasteiger partial charge >= 0.3 is 0 Å². The Morgan fingerprint density at radius 3 is 2.50 bits per heavy atom. The Bertz CT molecular complexity index is 584. The molecule has 0 atom stereocenters. The third-order valence-electron chi connectivity index (χ3n) is 3.50. The van der Waals surface area contributed by atoms with Crippen LogP contribution in [0.2, 0.25) is 0 Å². The summed E-state index contributed by atoms with van der Waals surface area (Å²) in [5.74, 6) is 0.